The predicted octanol–water partition coefficient (Wildman–Crippen LogP) is 0.133. The highest BCUT2D eigenvalue weighted by atomic mass is 16.4. The Morgan fingerprint density at radius 1 is 0.844 bits per heavy atom. The van der Waals surface area contributed by atoms with Crippen molar-refractivity contribution in [3.8, 4) is 5.75 Å². The number of carboxylic acid groups (broad SMARTS) is 1. The maximum absolute atomic E-state index is 12.8. The molecular weight excluding hydrogens is 416 g/mol. The van der Waals surface area contributed by atoms with Crippen LogP contribution in [0.2, 0.25) is 0 Å². The van der Waals surface area contributed by atoms with Crippen molar-refractivity contribution < 1.29 is 29.4 Å². The SMILES string of the molecule is CC(NC(=O)C(N)C(C)C)C(=O)NC(C(=O)NC(Cc1ccc(O)cc1)C(=O)O)C(C)C. The molecule has 10 nitrogen and oxygen atoms in total. The average Bonchev–Trinajstić information content (AvgIpc) is 2.71. The molecule has 1 rings (SSSR count). The molecule has 0 bridgehead atoms. The van der Waals surface area contributed by atoms with Gasteiger partial charge in [0, 0.05) is 6.42 Å². The number of rotatable bonds is 11. The van der Waals surface area contributed by atoms with Gasteiger partial charge in [-0.25, -0.2) is 4.79 Å². The summed E-state index contributed by atoms with van der Waals surface area (Å²) in [6.45, 7) is 8.45. The summed E-state index contributed by atoms with van der Waals surface area (Å²) in [6, 6.07) is 2.02. The molecule has 0 fully saturated rings. The normalized spacial score (nSPS) is 14.9. The first kappa shape index (κ1) is 26.9. The maximum Gasteiger partial charge on any atom is 0.326 e. The summed E-state index contributed by atoms with van der Waals surface area (Å²) in [5.74, 6) is -3.37. The third-order valence-corrected chi connectivity index (χ3v) is 5.01. The van der Waals surface area contributed by atoms with Crippen molar-refractivity contribution in [3.63, 3.8) is 0 Å². The fourth-order valence-electron chi connectivity index (χ4n) is 2.82. The van der Waals surface area contributed by atoms with Crippen LogP contribution in [0.5, 0.6) is 5.75 Å². The second-order valence-corrected chi connectivity index (χ2v) is 8.50. The van der Waals surface area contributed by atoms with Crippen LogP contribution in [0.15, 0.2) is 24.3 Å². The summed E-state index contributed by atoms with van der Waals surface area (Å²) >= 11 is 0. The highest BCUT2D eigenvalue weighted by Crippen LogP contribution is 2.12. The fraction of sp³-hybridized carbons (Fsp3) is 0.545. The van der Waals surface area contributed by atoms with Crippen LogP contribution < -0.4 is 21.7 Å². The number of amides is 3. The van der Waals surface area contributed by atoms with Crippen molar-refractivity contribution >= 4 is 23.7 Å². The quantitative estimate of drug-likeness (QED) is 0.278. The van der Waals surface area contributed by atoms with E-state index in [9.17, 15) is 29.4 Å². The van der Waals surface area contributed by atoms with Crippen LogP contribution in [0.4, 0.5) is 0 Å². The summed E-state index contributed by atoms with van der Waals surface area (Å²) in [6.07, 6.45) is -0.000332. The molecule has 1 aromatic rings. The van der Waals surface area contributed by atoms with E-state index in [0.717, 1.165) is 0 Å². The lowest BCUT2D eigenvalue weighted by atomic mass is 10.0. The van der Waals surface area contributed by atoms with Gasteiger partial charge in [0.15, 0.2) is 0 Å². The highest BCUT2D eigenvalue weighted by Gasteiger charge is 2.31. The second-order valence-electron chi connectivity index (χ2n) is 8.50. The summed E-state index contributed by atoms with van der Waals surface area (Å²) in [7, 11) is 0. The molecule has 0 radical (unpaired) electrons. The van der Waals surface area contributed by atoms with Crippen molar-refractivity contribution in [1.82, 2.24) is 16.0 Å². The van der Waals surface area contributed by atoms with Crippen LogP contribution in [0, 0.1) is 11.8 Å². The standard InChI is InChI=1S/C22H34N4O6/c1-11(2)17(23)20(29)24-13(5)19(28)26-18(12(3)4)21(30)25-16(22(31)32)10-14-6-8-15(27)9-7-14/h6-9,11-13,16-18,27H,10,23H2,1-5H3,(H,24,29)(H,25,30)(H,26,28)(H,31,32). The number of aliphatic carboxylic acids is 1. The summed E-state index contributed by atoms with van der Waals surface area (Å²) < 4.78 is 0. The number of hydrogen-bond acceptors (Lipinski definition) is 6. The lowest BCUT2D eigenvalue weighted by molar-refractivity contribution is -0.142. The zero-order valence-corrected chi connectivity index (χ0v) is 19.1. The molecule has 0 heterocycles. The minimum atomic E-state index is -1.23. The minimum absolute atomic E-state index is 0.000332. The molecule has 178 valence electrons. The van der Waals surface area contributed by atoms with E-state index in [1.54, 1.807) is 39.8 Å². The zero-order valence-electron chi connectivity index (χ0n) is 19.1. The largest absolute Gasteiger partial charge is 0.508 e. The molecule has 4 unspecified atom stereocenters. The van der Waals surface area contributed by atoms with E-state index >= 15 is 0 Å². The number of aromatic hydroxyl groups is 1. The van der Waals surface area contributed by atoms with Crippen LogP contribution in [0.1, 0.15) is 40.2 Å². The van der Waals surface area contributed by atoms with Crippen molar-refractivity contribution in [3.05, 3.63) is 29.8 Å². The average molecular weight is 451 g/mol. The first-order valence-electron chi connectivity index (χ1n) is 10.5. The number of carboxylic acids is 1. The Morgan fingerprint density at radius 3 is 1.88 bits per heavy atom. The van der Waals surface area contributed by atoms with Gasteiger partial charge in [-0.15, -0.1) is 0 Å². The monoisotopic (exact) mass is 450 g/mol. The Kier molecular flexibility index (Phi) is 10.1. The first-order chi connectivity index (χ1) is 14.8. The third-order valence-electron chi connectivity index (χ3n) is 5.01. The Morgan fingerprint density at radius 2 is 1.41 bits per heavy atom. The van der Waals surface area contributed by atoms with E-state index in [4.69, 9.17) is 5.73 Å². The van der Waals surface area contributed by atoms with Crippen LogP contribution in [0.25, 0.3) is 0 Å². The topological polar surface area (TPSA) is 171 Å². The van der Waals surface area contributed by atoms with Gasteiger partial charge < -0.3 is 31.9 Å². The molecule has 1 aromatic carbocycles. The van der Waals surface area contributed by atoms with Crippen LogP contribution in [-0.2, 0) is 25.6 Å². The van der Waals surface area contributed by atoms with Crippen LogP contribution >= 0.6 is 0 Å². The summed E-state index contributed by atoms with van der Waals surface area (Å²) in [4.78, 5) is 49.1. The van der Waals surface area contributed by atoms with E-state index in [1.165, 1.54) is 19.1 Å². The lowest BCUT2D eigenvalue weighted by Crippen LogP contribution is -2.58. The first-order valence-corrected chi connectivity index (χ1v) is 10.5. The molecule has 0 aromatic heterocycles. The minimum Gasteiger partial charge on any atom is -0.508 e. The molecule has 0 spiro atoms. The molecule has 0 aliphatic carbocycles. The number of carbonyl (C=O) groups is 4. The van der Waals surface area contributed by atoms with Crippen molar-refractivity contribution in [2.45, 2.75) is 65.2 Å². The molecule has 7 N–H and O–H groups in total. The van der Waals surface area contributed by atoms with Crippen molar-refractivity contribution in [2.75, 3.05) is 0 Å². The smallest absolute Gasteiger partial charge is 0.326 e. The van der Waals surface area contributed by atoms with Gasteiger partial charge in [-0.05, 0) is 36.5 Å². The summed E-state index contributed by atoms with van der Waals surface area (Å²) in [5.41, 5.74) is 6.39. The number of nitrogens with two attached hydrogens (primary N) is 1. The van der Waals surface area contributed by atoms with Gasteiger partial charge in [-0.1, -0.05) is 39.8 Å². The molecule has 0 saturated carbocycles. The molecule has 32 heavy (non-hydrogen) atoms. The number of benzene rings is 1. The van der Waals surface area contributed by atoms with Gasteiger partial charge >= 0.3 is 5.97 Å². The second kappa shape index (κ2) is 12.0. The van der Waals surface area contributed by atoms with E-state index in [0.29, 0.717) is 5.56 Å². The molecule has 4 atom stereocenters. The van der Waals surface area contributed by atoms with Gasteiger partial charge in [0.2, 0.25) is 17.7 Å². The number of hydrogen-bond donors (Lipinski definition) is 6. The van der Waals surface area contributed by atoms with Gasteiger partial charge in [0.1, 0.15) is 23.9 Å². The Hall–Kier alpha value is -3.14. The molecule has 0 aliphatic heterocycles. The van der Waals surface area contributed by atoms with Gasteiger partial charge in [-0.3, -0.25) is 14.4 Å². The van der Waals surface area contributed by atoms with E-state index < -0.39 is 47.9 Å². The highest BCUT2D eigenvalue weighted by molar-refractivity contribution is 5.94. The van der Waals surface area contributed by atoms with Gasteiger partial charge in [-0.2, -0.15) is 0 Å². The Balaban J connectivity index is 2.82. The molecule has 0 aliphatic rings. The van der Waals surface area contributed by atoms with E-state index in [-0.39, 0.29) is 24.0 Å². The third kappa shape index (κ3) is 8.18. The molecule has 10 heteroatoms. The number of phenols is 1. The van der Waals surface area contributed by atoms with Crippen molar-refractivity contribution in [2.24, 2.45) is 17.6 Å². The zero-order chi connectivity index (χ0) is 24.6. The molecular formula is C22H34N4O6. The number of carbonyl (C=O) groups excluding carboxylic acids is 3. The van der Waals surface area contributed by atoms with Gasteiger partial charge in [0.05, 0.1) is 6.04 Å². The van der Waals surface area contributed by atoms with Crippen molar-refractivity contribution in [1.29, 1.82) is 0 Å². The number of phenolic OH excluding ortho intramolecular Hbond substituents is 1. The van der Waals surface area contributed by atoms with Gasteiger partial charge in [0.25, 0.3) is 0 Å². The summed E-state index contributed by atoms with van der Waals surface area (Å²) in [5, 5.41) is 26.4. The van der Waals surface area contributed by atoms with Crippen LogP contribution in [0.3, 0.4) is 0 Å². The number of nitrogens with one attached hydrogen (secondary N) is 3. The Labute approximate surface area is 187 Å². The molecule has 0 saturated heterocycles. The molecule has 3 amide bonds. The lowest BCUT2D eigenvalue weighted by Gasteiger charge is -2.26. The fourth-order valence-corrected chi connectivity index (χ4v) is 2.82. The van der Waals surface area contributed by atoms with Crippen LogP contribution in [-0.4, -0.2) is 58.1 Å². The van der Waals surface area contributed by atoms with E-state index in [1.807, 2.05) is 0 Å². The maximum atomic E-state index is 12.8. The van der Waals surface area contributed by atoms with E-state index in [2.05, 4.69) is 16.0 Å². The Bertz CT molecular complexity index is 809. The predicted molar refractivity (Wildman–Crippen MR) is 119 cm³/mol.